The summed E-state index contributed by atoms with van der Waals surface area (Å²) < 4.78 is 35.3. The van der Waals surface area contributed by atoms with E-state index in [0.717, 1.165) is 6.07 Å². The maximum absolute atomic E-state index is 11.9. The SMILES string of the molecule is FOc1ncccc1C(F)F. The first kappa shape index (κ1) is 7.84. The van der Waals surface area contributed by atoms with E-state index in [1.165, 1.54) is 12.3 Å². The molecule has 5 heteroatoms. The molecule has 1 rings (SSSR count). The Balaban J connectivity index is 3.02. The highest BCUT2D eigenvalue weighted by atomic mass is 19.3. The molecule has 0 aliphatic heterocycles. The van der Waals surface area contributed by atoms with Gasteiger partial charge in [0.2, 0.25) is 0 Å². The third-order valence-electron chi connectivity index (χ3n) is 1.11. The average molecular weight is 163 g/mol. The van der Waals surface area contributed by atoms with Crippen molar-refractivity contribution in [2.45, 2.75) is 6.43 Å². The minimum absolute atomic E-state index is 0.546. The lowest BCUT2D eigenvalue weighted by Gasteiger charge is -2.00. The zero-order valence-electron chi connectivity index (χ0n) is 5.30. The van der Waals surface area contributed by atoms with Crippen LogP contribution in [-0.2, 0) is 0 Å². The Morgan fingerprint density at radius 2 is 2.18 bits per heavy atom. The molecule has 0 bridgehead atoms. The Kier molecular flexibility index (Phi) is 2.30. The van der Waals surface area contributed by atoms with Crippen LogP contribution in [0.4, 0.5) is 13.3 Å². The van der Waals surface area contributed by atoms with Crippen molar-refractivity contribution < 1.29 is 18.2 Å². The fourth-order valence-electron chi connectivity index (χ4n) is 0.634. The first-order valence-electron chi connectivity index (χ1n) is 2.77. The van der Waals surface area contributed by atoms with Gasteiger partial charge in [0.15, 0.2) is 0 Å². The number of alkyl halides is 2. The molecule has 0 atom stereocenters. The quantitative estimate of drug-likeness (QED) is 0.667. The first-order valence-corrected chi connectivity index (χ1v) is 2.77. The van der Waals surface area contributed by atoms with Gasteiger partial charge in [0.1, 0.15) is 0 Å². The molecule has 0 aliphatic rings. The predicted octanol–water partition coefficient (Wildman–Crippen LogP) is 2.28. The smallest absolute Gasteiger partial charge is 0.271 e. The topological polar surface area (TPSA) is 22.1 Å². The standard InChI is InChI=1S/C6H4F3NO/c7-5(8)4-2-1-3-10-6(4)11-9/h1-3,5H. The highest BCUT2D eigenvalue weighted by molar-refractivity contribution is 5.25. The summed E-state index contributed by atoms with van der Waals surface area (Å²) in [6.07, 6.45) is -1.60. The molecule has 0 fully saturated rings. The molecule has 0 saturated carbocycles. The van der Waals surface area contributed by atoms with Crippen LogP contribution >= 0.6 is 0 Å². The fourth-order valence-corrected chi connectivity index (χ4v) is 0.634. The third-order valence-corrected chi connectivity index (χ3v) is 1.11. The second-order valence-corrected chi connectivity index (χ2v) is 1.78. The highest BCUT2D eigenvalue weighted by Crippen LogP contribution is 2.26. The molecule has 0 amide bonds. The van der Waals surface area contributed by atoms with Crippen LogP contribution in [0.2, 0.25) is 0 Å². The Labute approximate surface area is 60.5 Å². The molecule has 0 aliphatic carbocycles. The van der Waals surface area contributed by atoms with E-state index in [9.17, 15) is 13.3 Å². The number of aromatic nitrogens is 1. The molecule has 0 aromatic carbocycles. The summed E-state index contributed by atoms with van der Waals surface area (Å²) in [7, 11) is 0. The molecule has 1 aromatic heterocycles. The van der Waals surface area contributed by atoms with Gasteiger partial charge in [0, 0.05) is 10.7 Å². The highest BCUT2D eigenvalue weighted by Gasteiger charge is 2.14. The first-order chi connectivity index (χ1) is 5.25. The lowest BCUT2D eigenvalue weighted by Crippen LogP contribution is -1.91. The number of rotatable bonds is 2. The average Bonchev–Trinajstić information content (AvgIpc) is 2.04. The molecule has 0 spiro atoms. The second kappa shape index (κ2) is 3.23. The van der Waals surface area contributed by atoms with Gasteiger partial charge in [-0.15, -0.1) is 0 Å². The Hall–Kier alpha value is -1.26. The van der Waals surface area contributed by atoms with Crippen molar-refractivity contribution in [1.29, 1.82) is 0 Å². The van der Waals surface area contributed by atoms with Crippen molar-refractivity contribution in [2.75, 3.05) is 0 Å². The van der Waals surface area contributed by atoms with Crippen LogP contribution < -0.4 is 4.94 Å². The summed E-state index contributed by atoms with van der Waals surface area (Å²) in [4.78, 5) is 6.36. The van der Waals surface area contributed by atoms with Crippen molar-refractivity contribution in [3.63, 3.8) is 0 Å². The lowest BCUT2D eigenvalue weighted by atomic mass is 10.3. The van der Waals surface area contributed by atoms with Crippen LogP contribution in [0.15, 0.2) is 18.3 Å². The van der Waals surface area contributed by atoms with Gasteiger partial charge in [-0.25, -0.2) is 13.8 Å². The van der Waals surface area contributed by atoms with Gasteiger partial charge in [-0.1, -0.05) is 0 Å². The van der Waals surface area contributed by atoms with E-state index in [-0.39, 0.29) is 0 Å². The number of halogens is 3. The summed E-state index contributed by atoms with van der Waals surface area (Å²) in [5.41, 5.74) is -0.546. The van der Waals surface area contributed by atoms with Gasteiger partial charge < -0.3 is 0 Å². The summed E-state index contributed by atoms with van der Waals surface area (Å²) in [5.74, 6) is -0.678. The molecule has 0 N–H and O–H groups in total. The van der Waals surface area contributed by atoms with Crippen molar-refractivity contribution >= 4 is 0 Å². The molecule has 1 aromatic rings. The Bertz CT molecular complexity index is 241. The van der Waals surface area contributed by atoms with E-state index < -0.39 is 17.9 Å². The molecule has 0 unspecified atom stereocenters. The zero-order chi connectivity index (χ0) is 8.27. The summed E-state index contributed by atoms with van der Waals surface area (Å²) in [5, 5.41) is 0. The molecular weight excluding hydrogens is 159 g/mol. The molecule has 0 radical (unpaired) electrons. The van der Waals surface area contributed by atoms with E-state index in [1.807, 2.05) is 0 Å². The summed E-state index contributed by atoms with van der Waals surface area (Å²) >= 11 is 0. The van der Waals surface area contributed by atoms with Gasteiger partial charge in [0.25, 0.3) is 12.3 Å². The number of nitrogens with zero attached hydrogens (tertiary/aromatic N) is 1. The Morgan fingerprint density at radius 1 is 1.45 bits per heavy atom. The molecule has 60 valence electrons. The van der Waals surface area contributed by atoms with Gasteiger partial charge in [0.05, 0.1) is 5.56 Å². The lowest BCUT2D eigenvalue weighted by molar-refractivity contribution is -0.0171. The van der Waals surface area contributed by atoms with Gasteiger partial charge in [-0.05, 0) is 12.1 Å². The van der Waals surface area contributed by atoms with Crippen LogP contribution in [0.3, 0.4) is 0 Å². The van der Waals surface area contributed by atoms with Crippen molar-refractivity contribution in [2.24, 2.45) is 0 Å². The van der Waals surface area contributed by atoms with Crippen molar-refractivity contribution in [3.8, 4) is 5.88 Å². The van der Waals surface area contributed by atoms with E-state index >= 15 is 0 Å². The third kappa shape index (κ3) is 1.60. The molecule has 11 heavy (non-hydrogen) atoms. The van der Waals surface area contributed by atoms with E-state index in [4.69, 9.17) is 0 Å². The van der Waals surface area contributed by atoms with Crippen molar-refractivity contribution in [3.05, 3.63) is 23.9 Å². The minimum Gasteiger partial charge on any atom is -0.273 e. The van der Waals surface area contributed by atoms with Crippen LogP contribution in [0.1, 0.15) is 12.0 Å². The summed E-state index contributed by atoms with van der Waals surface area (Å²) in [6, 6.07) is 2.33. The van der Waals surface area contributed by atoms with Gasteiger partial charge >= 0.3 is 0 Å². The molecular formula is C6H4F3NO. The largest absolute Gasteiger partial charge is 0.273 e. The van der Waals surface area contributed by atoms with Crippen molar-refractivity contribution in [1.82, 2.24) is 4.98 Å². The molecule has 0 saturated heterocycles. The fraction of sp³-hybridized carbons (Fsp3) is 0.167. The van der Waals surface area contributed by atoms with Gasteiger partial charge in [-0.3, -0.25) is 4.94 Å². The number of hydrogen-bond donors (Lipinski definition) is 0. The predicted molar refractivity (Wildman–Crippen MR) is 30.9 cm³/mol. The van der Waals surface area contributed by atoms with E-state index in [0.29, 0.717) is 0 Å². The Morgan fingerprint density at radius 3 is 2.64 bits per heavy atom. The van der Waals surface area contributed by atoms with Crippen LogP contribution in [0.5, 0.6) is 5.88 Å². The minimum atomic E-state index is -2.77. The van der Waals surface area contributed by atoms with E-state index in [2.05, 4.69) is 9.93 Å². The maximum Gasteiger partial charge on any atom is 0.271 e. The van der Waals surface area contributed by atoms with Crippen LogP contribution in [0.25, 0.3) is 0 Å². The van der Waals surface area contributed by atoms with Crippen LogP contribution in [-0.4, -0.2) is 4.98 Å². The molecule has 2 nitrogen and oxygen atoms in total. The zero-order valence-corrected chi connectivity index (χ0v) is 5.30. The number of pyridine rings is 1. The van der Waals surface area contributed by atoms with Crippen LogP contribution in [0, 0.1) is 0 Å². The van der Waals surface area contributed by atoms with Gasteiger partial charge in [-0.2, -0.15) is 0 Å². The number of hydrogen-bond acceptors (Lipinski definition) is 2. The maximum atomic E-state index is 11.9. The molecule has 1 heterocycles. The normalized spacial score (nSPS) is 10.2. The second-order valence-electron chi connectivity index (χ2n) is 1.78. The van der Waals surface area contributed by atoms with E-state index in [1.54, 1.807) is 0 Å². The summed E-state index contributed by atoms with van der Waals surface area (Å²) in [6.45, 7) is 0. The monoisotopic (exact) mass is 163 g/mol.